The number of hydrogen-bond donors (Lipinski definition) is 2. The molecule has 0 aliphatic carbocycles. The molecule has 0 spiro atoms. The van der Waals surface area contributed by atoms with E-state index in [4.69, 9.17) is 9.47 Å². The van der Waals surface area contributed by atoms with E-state index >= 15 is 0 Å². The molecule has 2 N–H and O–H groups in total. The van der Waals surface area contributed by atoms with Gasteiger partial charge in [-0.2, -0.15) is 5.10 Å². The molecule has 2 heterocycles. The zero-order chi connectivity index (χ0) is 18.6. The number of hydrogen-bond acceptors (Lipinski definition) is 4. The molecule has 138 valence electrons. The number of nitrogens with one attached hydrogen (secondary N) is 2. The number of fused-ring (bicyclic) bond motifs is 1. The normalized spacial score (nSPS) is 15.5. The second-order valence-corrected chi connectivity index (χ2v) is 6.59. The van der Waals surface area contributed by atoms with Gasteiger partial charge in [0.2, 0.25) is 0 Å². The molecule has 1 aliphatic heterocycles. The maximum atomic E-state index is 12.4. The number of amides is 1. The van der Waals surface area contributed by atoms with Gasteiger partial charge >= 0.3 is 0 Å². The molecule has 27 heavy (non-hydrogen) atoms. The third-order valence-corrected chi connectivity index (χ3v) is 4.76. The van der Waals surface area contributed by atoms with Crippen molar-refractivity contribution < 1.29 is 14.3 Å². The number of para-hydroxylation sites is 1. The van der Waals surface area contributed by atoms with Crippen molar-refractivity contribution in [1.82, 2.24) is 15.5 Å². The van der Waals surface area contributed by atoms with Gasteiger partial charge in [0.25, 0.3) is 5.91 Å². The Morgan fingerprint density at radius 2 is 2.11 bits per heavy atom. The Morgan fingerprint density at radius 1 is 1.26 bits per heavy atom. The largest absolute Gasteiger partial charge is 0.493 e. The number of benzene rings is 2. The van der Waals surface area contributed by atoms with E-state index < -0.39 is 0 Å². The highest BCUT2D eigenvalue weighted by molar-refractivity contribution is 5.94. The van der Waals surface area contributed by atoms with Crippen LogP contribution in [0.3, 0.4) is 0 Å². The summed E-state index contributed by atoms with van der Waals surface area (Å²) in [5.41, 5.74) is 3.67. The molecule has 6 heteroatoms. The van der Waals surface area contributed by atoms with Crippen molar-refractivity contribution in [3.63, 3.8) is 0 Å². The van der Waals surface area contributed by atoms with Gasteiger partial charge < -0.3 is 14.8 Å². The highest BCUT2D eigenvalue weighted by atomic mass is 16.5. The van der Waals surface area contributed by atoms with E-state index in [2.05, 4.69) is 15.5 Å². The molecule has 3 aromatic rings. The number of carbonyl (C=O) groups is 1. The lowest BCUT2D eigenvalue weighted by molar-refractivity contribution is 0.0938. The number of nitrogens with zero attached hydrogens (tertiary/aromatic N) is 1. The summed E-state index contributed by atoms with van der Waals surface area (Å²) in [5, 5.41) is 9.87. The lowest BCUT2D eigenvalue weighted by atomic mass is 9.96. The summed E-state index contributed by atoms with van der Waals surface area (Å²) in [6.45, 7) is 1.13. The Bertz CT molecular complexity index is 920. The van der Waals surface area contributed by atoms with Crippen molar-refractivity contribution in [1.29, 1.82) is 0 Å². The smallest absolute Gasteiger partial charge is 0.251 e. The average Bonchev–Trinajstić information content (AvgIpc) is 3.26. The third kappa shape index (κ3) is 3.65. The second-order valence-electron chi connectivity index (χ2n) is 6.59. The molecule has 0 bridgehead atoms. The molecular formula is C21H21N3O3. The summed E-state index contributed by atoms with van der Waals surface area (Å²) in [7, 11) is 1.64. The topological polar surface area (TPSA) is 76.2 Å². The highest BCUT2D eigenvalue weighted by Gasteiger charge is 2.23. The molecule has 1 atom stereocenters. The van der Waals surface area contributed by atoms with Gasteiger partial charge in [-0.15, -0.1) is 0 Å². The van der Waals surface area contributed by atoms with E-state index in [1.54, 1.807) is 13.3 Å². The van der Waals surface area contributed by atoms with Crippen LogP contribution in [0.2, 0.25) is 0 Å². The molecule has 6 nitrogen and oxygen atoms in total. The van der Waals surface area contributed by atoms with E-state index in [1.165, 1.54) is 0 Å². The molecule has 4 rings (SSSR count). The van der Waals surface area contributed by atoms with Crippen LogP contribution in [-0.2, 0) is 6.42 Å². The second kappa shape index (κ2) is 7.53. The molecule has 1 unspecified atom stereocenters. The minimum Gasteiger partial charge on any atom is -0.493 e. The van der Waals surface area contributed by atoms with Crippen LogP contribution in [0.25, 0.3) is 11.3 Å². The maximum Gasteiger partial charge on any atom is 0.251 e. The number of carbonyl (C=O) groups excluding carboxylic acids is 1. The van der Waals surface area contributed by atoms with Crippen LogP contribution in [-0.4, -0.2) is 36.4 Å². The Hall–Kier alpha value is -3.28. The molecule has 1 aliphatic rings. The summed E-state index contributed by atoms with van der Waals surface area (Å²) >= 11 is 0. The SMILES string of the molecule is COc1cccc2c1OCC(CNC(=O)c1ccc(-c3ccn[nH]3)cc1)C2. The molecule has 0 saturated heterocycles. The zero-order valence-corrected chi connectivity index (χ0v) is 15.1. The van der Waals surface area contributed by atoms with Crippen LogP contribution in [0.1, 0.15) is 15.9 Å². The van der Waals surface area contributed by atoms with Crippen LogP contribution in [0, 0.1) is 5.92 Å². The summed E-state index contributed by atoms with van der Waals surface area (Å²) in [4.78, 5) is 12.4. The molecule has 1 aromatic heterocycles. The van der Waals surface area contributed by atoms with Gasteiger partial charge in [0.1, 0.15) is 0 Å². The maximum absolute atomic E-state index is 12.4. The Balaban J connectivity index is 1.35. The number of H-pyrrole nitrogens is 1. The summed E-state index contributed by atoms with van der Waals surface area (Å²) in [6.07, 6.45) is 2.56. The summed E-state index contributed by atoms with van der Waals surface area (Å²) < 4.78 is 11.2. The average molecular weight is 363 g/mol. The predicted molar refractivity (Wildman–Crippen MR) is 102 cm³/mol. The lowest BCUT2D eigenvalue weighted by Gasteiger charge is -2.26. The number of aromatic amines is 1. The lowest BCUT2D eigenvalue weighted by Crippen LogP contribution is -2.34. The van der Waals surface area contributed by atoms with Gasteiger partial charge in [-0.05, 0) is 41.8 Å². The standard InChI is InChI=1S/C21H21N3O3/c1-26-19-4-2-3-17-11-14(13-27-20(17)19)12-22-21(25)16-7-5-15(6-8-16)18-9-10-23-24-18/h2-10,14H,11-13H2,1H3,(H,22,25)(H,23,24). The first kappa shape index (κ1) is 17.1. The fourth-order valence-electron chi connectivity index (χ4n) is 3.31. The van der Waals surface area contributed by atoms with E-state index in [-0.39, 0.29) is 11.8 Å². The molecule has 0 fully saturated rings. The molecule has 1 amide bonds. The first-order chi connectivity index (χ1) is 13.2. The Kier molecular flexibility index (Phi) is 4.78. The number of methoxy groups -OCH3 is 1. The molecule has 0 radical (unpaired) electrons. The van der Waals surface area contributed by atoms with E-state index in [0.29, 0.717) is 18.7 Å². The fourth-order valence-corrected chi connectivity index (χ4v) is 3.31. The van der Waals surface area contributed by atoms with Crippen molar-refractivity contribution in [3.8, 4) is 22.8 Å². The van der Waals surface area contributed by atoms with Gasteiger partial charge in [-0.25, -0.2) is 0 Å². The van der Waals surface area contributed by atoms with Crippen molar-refractivity contribution in [2.24, 2.45) is 5.92 Å². The van der Waals surface area contributed by atoms with Gasteiger partial charge in [-0.3, -0.25) is 9.89 Å². The van der Waals surface area contributed by atoms with Crippen LogP contribution in [0.15, 0.2) is 54.7 Å². The van der Waals surface area contributed by atoms with Crippen LogP contribution < -0.4 is 14.8 Å². The van der Waals surface area contributed by atoms with Crippen molar-refractivity contribution in [2.75, 3.05) is 20.3 Å². The Morgan fingerprint density at radius 3 is 2.85 bits per heavy atom. The number of rotatable bonds is 5. The van der Waals surface area contributed by atoms with Crippen LogP contribution >= 0.6 is 0 Å². The summed E-state index contributed by atoms with van der Waals surface area (Å²) in [5.74, 6) is 1.73. The van der Waals surface area contributed by atoms with Gasteiger partial charge in [0, 0.05) is 24.2 Å². The fraction of sp³-hybridized carbons (Fsp3) is 0.238. The van der Waals surface area contributed by atoms with E-state index in [9.17, 15) is 4.79 Å². The van der Waals surface area contributed by atoms with Gasteiger partial charge in [-0.1, -0.05) is 24.3 Å². The van der Waals surface area contributed by atoms with Gasteiger partial charge in [0.15, 0.2) is 11.5 Å². The highest BCUT2D eigenvalue weighted by Crippen LogP contribution is 2.35. The first-order valence-corrected chi connectivity index (χ1v) is 8.91. The van der Waals surface area contributed by atoms with Crippen LogP contribution in [0.4, 0.5) is 0 Å². The zero-order valence-electron chi connectivity index (χ0n) is 15.1. The van der Waals surface area contributed by atoms with Crippen molar-refractivity contribution in [2.45, 2.75) is 6.42 Å². The van der Waals surface area contributed by atoms with Crippen molar-refractivity contribution in [3.05, 3.63) is 65.9 Å². The van der Waals surface area contributed by atoms with Crippen LogP contribution in [0.5, 0.6) is 11.5 Å². The monoisotopic (exact) mass is 363 g/mol. The minimum atomic E-state index is -0.0809. The Labute approximate surface area is 157 Å². The van der Waals surface area contributed by atoms with Gasteiger partial charge in [0.05, 0.1) is 19.4 Å². The van der Waals surface area contributed by atoms with E-state index in [0.717, 1.165) is 34.7 Å². The molecular weight excluding hydrogens is 342 g/mol. The quantitative estimate of drug-likeness (QED) is 0.730. The first-order valence-electron chi connectivity index (χ1n) is 8.91. The molecule has 0 saturated carbocycles. The number of ether oxygens (including phenoxy) is 2. The number of aromatic nitrogens is 2. The van der Waals surface area contributed by atoms with Crippen molar-refractivity contribution >= 4 is 5.91 Å². The molecule has 2 aromatic carbocycles. The minimum absolute atomic E-state index is 0.0809. The van der Waals surface area contributed by atoms with E-state index in [1.807, 2.05) is 48.5 Å². The predicted octanol–water partition coefficient (Wildman–Crippen LogP) is 3.07. The summed E-state index contributed by atoms with van der Waals surface area (Å²) in [6, 6.07) is 15.3. The third-order valence-electron chi connectivity index (χ3n) is 4.76.